The van der Waals surface area contributed by atoms with E-state index in [2.05, 4.69) is 5.32 Å². The Morgan fingerprint density at radius 2 is 2.00 bits per heavy atom. The smallest absolute Gasteiger partial charge is 0.0789 e. The zero-order valence-electron chi connectivity index (χ0n) is 9.63. The highest BCUT2D eigenvalue weighted by atomic mass is 35.5. The quantitative estimate of drug-likeness (QED) is 0.831. The van der Waals surface area contributed by atoms with Gasteiger partial charge in [-0.25, -0.2) is 0 Å². The number of nitrogens with one attached hydrogen (secondary N) is 1. The lowest BCUT2D eigenvalue weighted by molar-refractivity contribution is 0.0649. The van der Waals surface area contributed by atoms with Crippen molar-refractivity contribution in [2.24, 2.45) is 0 Å². The number of hydrogen-bond acceptors (Lipinski definition) is 2. The summed E-state index contributed by atoms with van der Waals surface area (Å²) in [7, 11) is 0. The van der Waals surface area contributed by atoms with E-state index in [-0.39, 0.29) is 6.04 Å². The van der Waals surface area contributed by atoms with Crippen molar-refractivity contribution < 1.29 is 5.11 Å². The number of benzene rings is 1. The van der Waals surface area contributed by atoms with Gasteiger partial charge < -0.3 is 10.4 Å². The molecule has 0 aromatic heterocycles. The first kappa shape index (κ1) is 12.3. The van der Waals surface area contributed by atoms with Crippen LogP contribution < -0.4 is 5.32 Å². The van der Waals surface area contributed by atoms with Gasteiger partial charge >= 0.3 is 0 Å². The molecule has 2 nitrogen and oxygen atoms in total. The summed E-state index contributed by atoms with van der Waals surface area (Å²) in [6.07, 6.45) is 0. The average Bonchev–Trinajstić information content (AvgIpc) is 2.09. The largest absolute Gasteiger partial charge is 0.388 e. The topological polar surface area (TPSA) is 32.3 Å². The lowest BCUT2D eigenvalue weighted by atomic mass is 10.00. The summed E-state index contributed by atoms with van der Waals surface area (Å²) in [4.78, 5) is 0. The molecule has 0 aliphatic rings. The molecule has 1 atom stereocenters. The maximum Gasteiger partial charge on any atom is 0.0789 e. The van der Waals surface area contributed by atoms with E-state index in [1.807, 2.05) is 32.0 Å². The lowest BCUT2D eigenvalue weighted by Gasteiger charge is -2.28. The van der Waals surface area contributed by atoms with Gasteiger partial charge in [-0.05, 0) is 45.4 Å². The zero-order chi connectivity index (χ0) is 11.6. The third kappa shape index (κ3) is 3.40. The summed E-state index contributed by atoms with van der Waals surface area (Å²) in [5.41, 5.74) is 1.34. The fourth-order valence-electron chi connectivity index (χ4n) is 1.16. The summed E-state index contributed by atoms with van der Waals surface area (Å²) in [5, 5.41) is 13.8. The van der Waals surface area contributed by atoms with Crippen molar-refractivity contribution in [3.8, 4) is 0 Å². The molecule has 0 spiro atoms. The zero-order valence-corrected chi connectivity index (χ0v) is 10.4. The number of hydrogen-bond donors (Lipinski definition) is 2. The minimum atomic E-state index is -0.755. The molecule has 0 heterocycles. The molecule has 84 valence electrons. The van der Waals surface area contributed by atoms with Gasteiger partial charge in [-0.1, -0.05) is 17.7 Å². The van der Waals surface area contributed by atoms with Gasteiger partial charge in [0, 0.05) is 10.7 Å². The van der Waals surface area contributed by atoms with Crippen LogP contribution in [0.15, 0.2) is 18.2 Å². The van der Waals surface area contributed by atoms with Crippen molar-refractivity contribution in [2.45, 2.75) is 39.3 Å². The SMILES string of the molecule is Cc1ccc(Cl)cc1NC(C)C(C)(C)O. The molecule has 0 bridgehead atoms. The first-order valence-corrected chi connectivity index (χ1v) is 5.43. The second kappa shape index (κ2) is 4.42. The highest BCUT2D eigenvalue weighted by molar-refractivity contribution is 6.30. The summed E-state index contributed by atoms with van der Waals surface area (Å²) < 4.78 is 0. The van der Waals surface area contributed by atoms with Gasteiger partial charge in [0.2, 0.25) is 0 Å². The van der Waals surface area contributed by atoms with Gasteiger partial charge in [0.1, 0.15) is 0 Å². The van der Waals surface area contributed by atoms with Crippen LogP contribution in [0.3, 0.4) is 0 Å². The standard InChI is InChI=1S/C12H18ClNO/c1-8-5-6-10(13)7-11(8)14-9(2)12(3,4)15/h5-7,9,14-15H,1-4H3. The Kier molecular flexibility index (Phi) is 3.63. The maximum absolute atomic E-state index is 9.81. The van der Waals surface area contributed by atoms with Crippen LogP contribution in [-0.4, -0.2) is 16.7 Å². The second-order valence-electron chi connectivity index (χ2n) is 4.48. The Bertz CT molecular complexity index is 344. The van der Waals surface area contributed by atoms with E-state index in [9.17, 15) is 5.11 Å². The van der Waals surface area contributed by atoms with Crippen LogP contribution in [0.4, 0.5) is 5.69 Å². The summed E-state index contributed by atoms with van der Waals surface area (Å²) >= 11 is 5.91. The van der Waals surface area contributed by atoms with Gasteiger partial charge in [0.15, 0.2) is 0 Å². The Morgan fingerprint density at radius 3 is 2.53 bits per heavy atom. The molecule has 0 saturated heterocycles. The first-order valence-electron chi connectivity index (χ1n) is 5.06. The summed E-state index contributed by atoms with van der Waals surface area (Å²) in [6, 6.07) is 5.66. The molecular formula is C12H18ClNO. The van der Waals surface area contributed by atoms with Crippen LogP contribution in [0.1, 0.15) is 26.3 Å². The van der Waals surface area contributed by atoms with Crippen molar-refractivity contribution >= 4 is 17.3 Å². The Labute approximate surface area is 96.3 Å². The Hall–Kier alpha value is -0.730. The van der Waals surface area contributed by atoms with Crippen molar-refractivity contribution in [3.05, 3.63) is 28.8 Å². The van der Waals surface area contributed by atoms with Crippen LogP contribution in [0.5, 0.6) is 0 Å². The minimum absolute atomic E-state index is 0.0327. The van der Waals surface area contributed by atoms with Crippen LogP contribution in [0.2, 0.25) is 5.02 Å². The molecule has 3 heteroatoms. The van der Waals surface area contributed by atoms with Crippen molar-refractivity contribution in [1.82, 2.24) is 0 Å². The van der Waals surface area contributed by atoms with E-state index in [1.54, 1.807) is 13.8 Å². The predicted molar refractivity (Wildman–Crippen MR) is 65.6 cm³/mol. The van der Waals surface area contributed by atoms with E-state index in [0.717, 1.165) is 11.3 Å². The van der Waals surface area contributed by atoms with E-state index in [1.165, 1.54) is 0 Å². The number of rotatable bonds is 3. The molecule has 0 fully saturated rings. The van der Waals surface area contributed by atoms with E-state index in [0.29, 0.717) is 5.02 Å². The van der Waals surface area contributed by atoms with Gasteiger partial charge in [-0.3, -0.25) is 0 Å². The summed E-state index contributed by atoms with van der Waals surface area (Å²) in [5.74, 6) is 0. The van der Waals surface area contributed by atoms with E-state index >= 15 is 0 Å². The molecule has 0 radical (unpaired) electrons. The van der Waals surface area contributed by atoms with E-state index in [4.69, 9.17) is 11.6 Å². The lowest BCUT2D eigenvalue weighted by Crippen LogP contribution is -2.39. The molecule has 0 amide bonds. The Balaban J connectivity index is 2.85. The highest BCUT2D eigenvalue weighted by Crippen LogP contribution is 2.23. The monoisotopic (exact) mass is 227 g/mol. The Morgan fingerprint density at radius 1 is 1.40 bits per heavy atom. The normalized spacial score (nSPS) is 13.7. The predicted octanol–water partition coefficient (Wildman–Crippen LogP) is 3.22. The molecule has 0 aliphatic carbocycles. The van der Waals surface area contributed by atoms with Crippen molar-refractivity contribution in [2.75, 3.05) is 5.32 Å². The minimum Gasteiger partial charge on any atom is -0.388 e. The molecule has 15 heavy (non-hydrogen) atoms. The second-order valence-corrected chi connectivity index (χ2v) is 4.92. The first-order chi connectivity index (χ1) is 6.80. The number of aryl methyl sites for hydroxylation is 1. The fourth-order valence-corrected chi connectivity index (χ4v) is 1.33. The van der Waals surface area contributed by atoms with Gasteiger partial charge in [-0.2, -0.15) is 0 Å². The van der Waals surface area contributed by atoms with Gasteiger partial charge in [-0.15, -0.1) is 0 Å². The van der Waals surface area contributed by atoms with Crippen LogP contribution >= 0.6 is 11.6 Å². The maximum atomic E-state index is 9.81. The van der Waals surface area contributed by atoms with Crippen molar-refractivity contribution in [3.63, 3.8) is 0 Å². The van der Waals surface area contributed by atoms with Gasteiger partial charge in [0.25, 0.3) is 0 Å². The number of anilines is 1. The molecule has 1 aromatic carbocycles. The molecule has 1 aromatic rings. The molecule has 0 saturated carbocycles. The van der Waals surface area contributed by atoms with Crippen LogP contribution in [0.25, 0.3) is 0 Å². The third-order valence-corrected chi connectivity index (χ3v) is 2.87. The summed E-state index contributed by atoms with van der Waals surface area (Å²) in [6.45, 7) is 7.52. The van der Waals surface area contributed by atoms with Crippen LogP contribution in [0, 0.1) is 6.92 Å². The number of aliphatic hydroxyl groups is 1. The molecule has 0 aliphatic heterocycles. The fraction of sp³-hybridized carbons (Fsp3) is 0.500. The number of halogens is 1. The third-order valence-electron chi connectivity index (χ3n) is 2.63. The molecule has 2 N–H and O–H groups in total. The van der Waals surface area contributed by atoms with Crippen molar-refractivity contribution in [1.29, 1.82) is 0 Å². The van der Waals surface area contributed by atoms with E-state index < -0.39 is 5.60 Å². The van der Waals surface area contributed by atoms with Crippen LogP contribution in [-0.2, 0) is 0 Å². The average molecular weight is 228 g/mol. The highest BCUT2D eigenvalue weighted by Gasteiger charge is 2.22. The van der Waals surface area contributed by atoms with Gasteiger partial charge in [0.05, 0.1) is 11.6 Å². The molecular weight excluding hydrogens is 210 g/mol. The molecule has 1 unspecified atom stereocenters. The molecule has 1 rings (SSSR count).